The van der Waals surface area contributed by atoms with Crippen molar-refractivity contribution in [3.8, 4) is 17.1 Å². The van der Waals surface area contributed by atoms with Crippen molar-refractivity contribution in [2.24, 2.45) is 0 Å². The number of carbonyl (C=O) groups excluding carboxylic acids is 1. The largest absolute Gasteiger partial charge is 0.496 e. The lowest BCUT2D eigenvalue weighted by atomic mass is 10.1. The smallest absolute Gasteiger partial charge is 0.293 e. The van der Waals surface area contributed by atoms with Crippen LogP contribution in [0.3, 0.4) is 0 Å². The van der Waals surface area contributed by atoms with Crippen LogP contribution in [0.5, 0.6) is 5.75 Å². The zero-order valence-corrected chi connectivity index (χ0v) is 13.5. The van der Waals surface area contributed by atoms with Crippen LogP contribution in [-0.2, 0) is 0 Å². The van der Waals surface area contributed by atoms with Gasteiger partial charge in [-0.1, -0.05) is 18.2 Å². The number of amides is 1. The van der Waals surface area contributed by atoms with Crippen LogP contribution in [0.2, 0.25) is 0 Å². The first-order valence-corrected chi connectivity index (χ1v) is 7.47. The molecule has 1 aromatic heterocycles. The number of benzene rings is 2. The Labute approximate surface area is 140 Å². The number of anilines is 2. The Morgan fingerprint density at radius 2 is 1.83 bits per heavy atom. The summed E-state index contributed by atoms with van der Waals surface area (Å²) in [5.41, 5.74) is 7.91. The van der Waals surface area contributed by atoms with Crippen LogP contribution in [-0.4, -0.2) is 20.1 Å². The summed E-state index contributed by atoms with van der Waals surface area (Å²) in [6.45, 7) is 0. The van der Waals surface area contributed by atoms with Gasteiger partial charge in [0.25, 0.3) is 5.91 Å². The molecule has 0 spiro atoms. The molecule has 0 aliphatic carbocycles. The Kier molecular flexibility index (Phi) is 4.24. The topological polar surface area (TPSA) is 68.7 Å². The molecule has 3 aromatic rings. The fourth-order valence-electron chi connectivity index (χ4n) is 2.44. The van der Waals surface area contributed by atoms with E-state index in [2.05, 4.69) is 0 Å². The monoisotopic (exact) mass is 322 g/mol. The molecule has 0 atom stereocenters. The minimum atomic E-state index is -0.220. The van der Waals surface area contributed by atoms with Gasteiger partial charge in [-0.05, 0) is 36.4 Å². The van der Waals surface area contributed by atoms with Crippen molar-refractivity contribution < 1.29 is 13.9 Å². The van der Waals surface area contributed by atoms with Crippen LogP contribution in [0.1, 0.15) is 10.6 Å². The van der Waals surface area contributed by atoms with E-state index in [9.17, 15) is 4.79 Å². The quantitative estimate of drug-likeness (QED) is 0.742. The Morgan fingerprint density at radius 3 is 2.54 bits per heavy atom. The molecule has 2 N–H and O–H groups in total. The van der Waals surface area contributed by atoms with Gasteiger partial charge < -0.3 is 19.8 Å². The van der Waals surface area contributed by atoms with Gasteiger partial charge in [-0.25, -0.2) is 0 Å². The second-order valence-electron chi connectivity index (χ2n) is 5.32. The van der Waals surface area contributed by atoms with Gasteiger partial charge in [0, 0.05) is 24.5 Å². The Hall–Kier alpha value is -3.21. The second-order valence-corrected chi connectivity index (χ2v) is 5.32. The van der Waals surface area contributed by atoms with E-state index >= 15 is 0 Å². The highest BCUT2D eigenvalue weighted by molar-refractivity contribution is 6.04. The first-order valence-electron chi connectivity index (χ1n) is 7.47. The van der Waals surface area contributed by atoms with E-state index in [0.717, 1.165) is 11.3 Å². The maximum atomic E-state index is 12.6. The fourth-order valence-corrected chi connectivity index (χ4v) is 2.44. The number of nitrogens with two attached hydrogens (primary N) is 1. The number of carbonyl (C=O) groups is 1. The Bertz CT molecular complexity index is 856. The minimum absolute atomic E-state index is 0.220. The molecule has 3 rings (SSSR count). The Morgan fingerprint density at radius 1 is 1.08 bits per heavy atom. The lowest BCUT2D eigenvalue weighted by molar-refractivity contribution is 0.0967. The maximum Gasteiger partial charge on any atom is 0.293 e. The third kappa shape index (κ3) is 2.96. The van der Waals surface area contributed by atoms with Crippen molar-refractivity contribution >= 4 is 17.3 Å². The number of ether oxygens (including phenoxy) is 1. The first kappa shape index (κ1) is 15.7. The minimum Gasteiger partial charge on any atom is -0.496 e. The molecule has 5 heteroatoms. The van der Waals surface area contributed by atoms with Gasteiger partial charge in [0.05, 0.1) is 12.7 Å². The molecule has 0 saturated carbocycles. The molecule has 2 aromatic carbocycles. The van der Waals surface area contributed by atoms with E-state index in [4.69, 9.17) is 14.9 Å². The van der Waals surface area contributed by atoms with E-state index in [1.54, 1.807) is 43.3 Å². The summed E-state index contributed by atoms with van der Waals surface area (Å²) in [5.74, 6) is 1.19. The third-order valence-corrected chi connectivity index (χ3v) is 3.76. The number of methoxy groups -OCH3 is 1. The van der Waals surface area contributed by atoms with Crippen LogP contribution < -0.4 is 15.4 Å². The summed E-state index contributed by atoms with van der Waals surface area (Å²) in [4.78, 5) is 14.1. The highest BCUT2D eigenvalue weighted by Gasteiger charge is 2.19. The van der Waals surface area contributed by atoms with Crippen LogP contribution in [0.25, 0.3) is 11.3 Å². The maximum absolute atomic E-state index is 12.6. The molecule has 0 saturated heterocycles. The van der Waals surface area contributed by atoms with Gasteiger partial charge >= 0.3 is 0 Å². The summed E-state index contributed by atoms with van der Waals surface area (Å²) in [6, 6.07) is 18.1. The number of hydrogen-bond donors (Lipinski definition) is 1. The van der Waals surface area contributed by atoms with Gasteiger partial charge in [-0.15, -0.1) is 0 Å². The van der Waals surface area contributed by atoms with Crippen molar-refractivity contribution in [2.45, 2.75) is 0 Å². The van der Waals surface area contributed by atoms with Crippen molar-refractivity contribution in [3.63, 3.8) is 0 Å². The summed E-state index contributed by atoms with van der Waals surface area (Å²) >= 11 is 0. The number of nitrogen functional groups attached to an aromatic ring is 1. The first-order chi connectivity index (χ1) is 11.6. The Balaban J connectivity index is 1.90. The third-order valence-electron chi connectivity index (χ3n) is 3.76. The van der Waals surface area contributed by atoms with Crippen molar-refractivity contribution in [2.75, 3.05) is 24.8 Å². The lowest BCUT2D eigenvalue weighted by Crippen LogP contribution is -2.25. The van der Waals surface area contributed by atoms with E-state index in [0.29, 0.717) is 17.2 Å². The van der Waals surface area contributed by atoms with Gasteiger partial charge in [0.1, 0.15) is 11.5 Å². The zero-order valence-electron chi connectivity index (χ0n) is 13.5. The van der Waals surface area contributed by atoms with Gasteiger partial charge in [-0.3, -0.25) is 4.79 Å². The van der Waals surface area contributed by atoms with Crippen molar-refractivity contribution in [1.29, 1.82) is 0 Å². The molecule has 0 aliphatic heterocycles. The summed E-state index contributed by atoms with van der Waals surface area (Å²) in [6.07, 6.45) is 0. The molecule has 1 heterocycles. The second kappa shape index (κ2) is 6.50. The fraction of sp³-hybridized carbons (Fsp3) is 0.105. The number of nitrogens with zero attached hydrogens (tertiary/aromatic N) is 1. The molecule has 1 amide bonds. The zero-order chi connectivity index (χ0) is 17.1. The standard InChI is InChI=1S/C19H18N2O3/c1-21(14-6-4-3-5-7-14)19(22)17-11-10-16(24-17)15-9-8-13(20)12-18(15)23-2/h3-12H,20H2,1-2H3. The van der Waals surface area contributed by atoms with Crippen LogP contribution in [0.15, 0.2) is 65.1 Å². The number of rotatable bonds is 4. The van der Waals surface area contributed by atoms with Gasteiger partial charge in [0.2, 0.25) is 0 Å². The van der Waals surface area contributed by atoms with E-state index in [-0.39, 0.29) is 11.7 Å². The molecule has 0 bridgehead atoms. The SMILES string of the molecule is COc1cc(N)ccc1-c1ccc(C(=O)N(C)c2ccccc2)o1. The molecular weight excluding hydrogens is 304 g/mol. The lowest BCUT2D eigenvalue weighted by Gasteiger charge is -2.15. The molecule has 0 radical (unpaired) electrons. The van der Waals surface area contributed by atoms with Crippen LogP contribution in [0.4, 0.5) is 11.4 Å². The predicted octanol–water partition coefficient (Wildman–Crippen LogP) is 3.81. The predicted molar refractivity (Wildman–Crippen MR) is 94.3 cm³/mol. The average Bonchev–Trinajstić information content (AvgIpc) is 3.10. The van der Waals surface area contributed by atoms with Crippen molar-refractivity contribution in [3.05, 3.63) is 66.4 Å². The number of para-hydroxylation sites is 1. The summed E-state index contributed by atoms with van der Waals surface area (Å²) in [7, 11) is 3.28. The van der Waals surface area contributed by atoms with Gasteiger partial charge in [-0.2, -0.15) is 0 Å². The number of hydrogen-bond acceptors (Lipinski definition) is 4. The van der Waals surface area contributed by atoms with Crippen molar-refractivity contribution in [1.82, 2.24) is 0 Å². The molecule has 0 aliphatic rings. The molecular formula is C19H18N2O3. The summed E-state index contributed by atoms with van der Waals surface area (Å²) < 4.78 is 11.1. The van der Waals surface area contributed by atoms with E-state index in [1.807, 2.05) is 36.4 Å². The van der Waals surface area contributed by atoms with Gasteiger partial charge in [0.15, 0.2) is 5.76 Å². The normalized spacial score (nSPS) is 10.4. The molecule has 0 fully saturated rings. The highest BCUT2D eigenvalue weighted by Crippen LogP contribution is 2.33. The van der Waals surface area contributed by atoms with E-state index in [1.165, 1.54) is 0 Å². The molecule has 0 unspecified atom stereocenters. The van der Waals surface area contributed by atoms with E-state index < -0.39 is 0 Å². The highest BCUT2D eigenvalue weighted by atomic mass is 16.5. The van der Waals surface area contributed by atoms with Crippen LogP contribution >= 0.6 is 0 Å². The van der Waals surface area contributed by atoms with Crippen LogP contribution in [0, 0.1) is 0 Å². The number of furan rings is 1. The molecule has 24 heavy (non-hydrogen) atoms. The molecule has 5 nitrogen and oxygen atoms in total. The average molecular weight is 322 g/mol. The molecule has 122 valence electrons. The summed E-state index contributed by atoms with van der Waals surface area (Å²) in [5, 5.41) is 0.